The predicted octanol–water partition coefficient (Wildman–Crippen LogP) is 3.61. The second-order valence-corrected chi connectivity index (χ2v) is 8.36. The van der Waals surface area contributed by atoms with E-state index in [1.807, 2.05) is 12.1 Å². The Bertz CT molecular complexity index is 551. The van der Waals surface area contributed by atoms with Crippen LogP contribution in [0.2, 0.25) is 0 Å². The standard InChI is InChI=1S/C20H32FN3/c1-15(13-19(2,3)4)24-11-9-20(23,10-12-24)18(14-22)16-5-7-17(21)8-6-16/h5-8,18H,1,9-14,22-23H2,2-4H3. The maximum absolute atomic E-state index is 13.2. The molecule has 24 heavy (non-hydrogen) atoms. The summed E-state index contributed by atoms with van der Waals surface area (Å²) in [7, 11) is 0. The van der Waals surface area contributed by atoms with E-state index in [-0.39, 0.29) is 22.7 Å². The van der Waals surface area contributed by atoms with E-state index in [2.05, 4.69) is 32.3 Å². The fourth-order valence-electron chi connectivity index (χ4n) is 3.71. The van der Waals surface area contributed by atoms with Crippen molar-refractivity contribution in [3.05, 3.63) is 47.9 Å². The lowest BCUT2D eigenvalue weighted by Crippen LogP contribution is -2.55. The van der Waals surface area contributed by atoms with Gasteiger partial charge in [0, 0.05) is 36.8 Å². The zero-order valence-electron chi connectivity index (χ0n) is 15.3. The van der Waals surface area contributed by atoms with Crippen LogP contribution in [0.1, 0.15) is 51.5 Å². The largest absolute Gasteiger partial charge is 0.375 e. The van der Waals surface area contributed by atoms with E-state index in [9.17, 15) is 4.39 Å². The van der Waals surface area contributed by atoms with E-state index in [0.29, 0.717) is 6.54 Å². The SMILES string of the molecule is C=C(CC(C)(C)C)N1CCC(N)(C(CN)c2ccc(F)cc2)CC1. The Kier molecular flexibility index (Phi) is 5.71. The molecule has 1 aliphatic rings. The fraction of sp³-hybridized carbons (Fsp3) is 0.600. The lowest BCUT2D eigenvalue weighted by molar-refractivity contribution is 0.162. The number of hydrogen-bond donors (Lipinski definition) is 2. The molecule has 1 unspecified atom stereocenters. The molecule has 0 spiro atoms. The third kappa shape index (κ3) is 4.58. The Balaban J connectivity index is 2.04. The molecule has 134 valence electrons. The van der Waals surface area contributed by atoms with E-state index in [0.717, 1.165) is 37.9 Å². The molecule has 4 heteroatoms. The van der Waals surface area contributed by atoms with Gasteiger partial charge in [-0.3, -0.25) is 0 Å². The van der Waals surface area contributed by atoms with Crippen molar-refractivity contribution in [2.75, 3.05) is 19.6 Å². The van der Waals surface area contributed by atoms with Gasteiger partial charge in [0.15, 0.2) is 0 Å². The smallest absolute Gasteiger partial charge is 0.123 e. The van der Waals surface area contributed by atoms with E-state index < -0.39 is 0 Å². The summed E-state index contributed by atoms with van der Waals surface area (Å²) in [6.45, 7) is 13.2. The highest BCUT2D eigenvalue weighted by Gasteiger charge is 2.38. The molecule has 0 bridgehead atoms. The van der Waals surface area contributed by atoms with Crippen LogP contribution < -0.4 is 11.5 Å². The van der Waals surface area contributed by atoms with Crippen LogP contribution in [0.15, 0.2) is 36.5 Å². The first-order chi connectivity index (χ1) is 11.1. The minimum absolute atomic E-state index is 0.0520. The predicted molar refractivity (Wildman–Crippen MR) is 99.1 cm³/mol. The van der Waals surface area contributed by atoms with Crippen LogP contribution >= 0.6 is 0 Å². The number of allylic oxidation sites excluding steroid dienone is 1. The van der Waals surface area contributed by atoms with Gasteiger partial charge >= 0.3 is 0 Å². The minimum Gasteiger partial charge on any atom is -0.375 e. The summed E-state index contributed by atoms with van der Waals surface area (Å²) in [5.74, 6) is -0.176. The monoisotopic (exact) mass is 333 g/mol. The first-order valence-corrected chi connectivity index (χ1v) is 8.82. The van der Waals surface area contributed by atoms with E-state index in [1.54, 1.807) is 0 Å². The Morgan fingerprint density at radius 1 is 1.25 bits per heavy atom. The Morgan fingerprint density at radius 3 is 2.25 bits per heavy atom. The van der Waals surface area contributed by atoms with Gasteiger partial charge in [-0.25, -0.2) is 4.39 Å². The number of hydrogen-bond acceptors (Lipinski definition) is 3. The van der Waals surface area contributed by atoms with Crippen molar-refractivity contribution in [1.29, 1.82) is 0 Å². The summed E-state index contributed by atoms with van der Waals surface area (Å²) in [4.78, 5) is 2.36. The van der Waals surface area contributed by atoms with Gasteiger partial charge in [0.1, 0.15) is 5.82 Å². The van der Waals surface area contributed by atoms with Gasteiger partial charge in [0.05, 0.1) is 0 Å². The van der Waals surface area contributed by atoms with Gasteiger partial charge in [0.2, 0.25) is 0 Å². The summed E-state index contributed by atoms with van der Waals surface area (Å²) in [6.07, 6.45) is 2.73. The zero-order chi connectivity index (χ0) is 18.0. The molecule has 0 amide bonds. The molecule has 1 atom stereocenters. The molecular weight excluding hydrogens is 301 g/mol. The average molecular weight is 333 g/mol. The van der Waals surface area contributed by atoms with Crippen molar-refractivity contribution in [1.82, 2.24) is 4.90 Å². The molecule has 4 N–H and O–H groups in total. The first kappa shape index (κ1) is 18.9. The van der Waals surface area contributed by atoms with Crippen molar-refractivity contribution >= 4 is 0 Å². The minimum atomic E-state index is -0.342. The Hall–Kier alpha value is -1.39. The van der Waals surface area contributed by atoms with Gasteiger partial charge in [-0.15, -0.1) is 0 Å². The van der Waals surface area contributed by atoms with Gasteiger partial charge in [-0.05, 0) is 42.4 Å². The molecule has 3 nitrogen and oxygen atoms in total. The van der Waals surface area contributed by atoms with Crippen molar-refractivity contribution in [2.45, 2.75) is 51.5 Å². The quantitative estimate of drug-likeness (QED) is 0.865. The number of rotatable bonds is 5. The van der Waals surface area contributed by atoms with Crippen LogP contribution in [0.3, 0.4) is 0 Å². The molecular formula is C20H32FN3. The van der Waals surface area contributed by atoms with Crippen molar-refractivity contribution in [3.63, 3.8) is 0 Å². The van der Waals surface area contributed by atoms with Crippen LogP contribution in [0, 0.1) is 11.2 Å². The molecule has 2 rings (SSSR count). The molecule has 0 aromatic heterocycles. The molecule has 1 saturated heterocycles. The summed E-state index contributed by atoms with van der Waals surface area (Å²) >= 11 is 0. The summed E-state index contributed by atoms with van der Waals surface area (Å²) in [5, 5.41) is 0. The highest BCUT2D eigenvalue weighted by atomic mass is 19.1. The zero-order valence-corrected chi connectivity index (χ0v) is 15.3. The van der Waals surface area contributed by atoms with Gasteiger partial charge in [-0.2, -0.15) is 0 Å². The molecule has 0 saturated carbocycles. The molecule has 0 radical (unpaired) electrons. The number of likely N-dealkylation sites (tertiary alicyclic amines) is 1. The lowest BCUT2D eigenvalue weighted by atomic mass is 9.73. The van der Waals surface area contributed by atoms with Crippen molar-refractivity contribution in [3.8, 4) is 0 Å². The van der Waals surface area contributed by atoms with Crippen molar-refractivity contribution in [2.24, 2.45) is 16.9 Å². The van der Waals surface area contributed by atoms with Gasteiger partial charge in [0.25, 0.3) is 0 Å². The second-order valence-electron chi connectivity index (χ2n) is 8.36. The molecule has 1 heterocycles. The van der Waals surface area contributed by atoms with Crippen LogP contribution in [0.4, 0.5) is 4.39 Å². The number of nitrogens with zero attached hydrogens (tertiary/aromatic N) is 1. The average Bonchev–Trinajstić information content (AvgIpc) is 2.48. The molecule has 1 aromatic rings. The molecule has 1 aliphatic heterocycles. The summed E-state index contributed by atoms with van der Waals surface area (Å²) in [6, 6.07) is 6.60. The first-order valence-electron chi connectivity index (χ1n) is 8.82. The number of halogens is 1. The van der Waals surface area contributed by atoms with E-state index >= 15 is 0 Å². The van der Waals surface area contributed by atoms with Gasteiger partial charge in [-0.1, -0.05) is 39.5 Å². The van der Waals surface area contributed by atoms with Crippen LogP contribution in [0.25, 0.3) is 0 Å². The number of piperidine rings is 1. The Morgan fingerprint density at radius 2 is 1.79 bits per heavy atom. The molecule has 1 fully saturated rings. The second kappa shape index (κ2) is 7.24. The Labute approximate surface area is 145 Å². The number of nitrogens with two attached hydrogens (primary N) is 2. The maximum Gasteiger partial charge on any atom is 0.123 e. The van der Waals surface area contributed by atoms with Crippen LogP contribution in [0.5, 0.6) is 0 Å². The molecule has 1 aromatic carbocycles. The third-order valence-electron chi connectivity index (χ3n) is 5.08. The highest BCUT2D eigenvalue weighted by Crippen LogP contribution is 2.36. The molecule has 0 aliphatic carbocycles. The summed E-state index contributed by atoms with van der Waals surface area (Å²) < 4.78 is 13.2. The van der Waals surface area contributed by atoms with Gasteiger partial charge < -0.3 is 16.4 Å². The fourth-order valence-corrected chi connectivity index (χ4v) is 3.71. The van der Waals surface area contributed by atoms with Crippen molar-refractivity contribution < 1.29 is 4.39 Å². The highest BCUT2D eigenvalue weighted by molar-refractivity contribution is 5.26. The van der Waals surface area contributed by atoms with Crippen LogP contribution in [-0.4, -0.2) is 30.1 Å². The van der Waals surface area contributed by atoms with E-state index in [4.69, 9.17) is 11.5 Å². The number of benzene rings is 1. The lowest BCUT2D eigenvalue weighted by Gasteiger charge is -2.45. The third-order valence-corrected chi connectivity index (χ3v) is 5.08. The van der Waals surface area contributed by atoms with Crippen LogP contribution in [-0.2, 0) is 0 Å². The van der Waals surface area contributed by atoms with E-state index in [1.165, 1.54) is 17.8 Å². The normalized spacial score (nSPS) is 19.2. The maximum atomic E-state index is 13.2. The summed E-state index contributed by atoms with van der Waals surface area (Å²) in [5.41, 5.74) is 14.9. The topological polar surface area (TPSA) is 55.3 Å².